The van der Waals surface area contributed by atoms with E-state index in [1.54, 1.807) is 38.2 Å². The normalized spacial score (nSPS) is 17.9. The number of rotatable bonds is 6. The molecule has 0 saturated carbocycles. The van der Waals surface area contributed by atoms with E-state index in [0.717, 1.165) is 6.07 Å². The molecule has 1 aliphatic heterocycles. The summed E-state index contributed by atoms with van der Waals surface area (Å²) >= 11 is 6.01. The van der Waals surface area contributed by atoms with Crippen LogP contribution in [0.2, 0.25) is 5.02 Å². The van der Waals surface area contributed by atoms with Gasteiger partial charge < -0.3 is 20.0 Å². The van der Waals surface area contributed by atoms with Gasteiger partial charge in [-0.15, -0.1) is 10.2 Å². The third-order valence-corrected chi connectivity index (χ3v) is 8.34. The largest absolute Gasteiger partial charge is 0.420 e. The van der Waals surface area contributed by atoms with E-state index in [0.29, 0.717) is 10.6 Å². The molecular formula is C26H29ClFN5O5S. The van der Waals surface area contributed by atoms with Crippen molar-refractivity contribution in [3.63, 3.8) is 0 Å². The van der Waals surface area contributed by atoms with Crippen LogP contribution in [0.1, 0.15) is 39.1 Å². The van der Waals surface area contributed by atoms with E-state index >= 15 is 4.39 Å². The number of benzene rings is 2. The highest BCUT2D eigenvalue weighted by Crippen LogP contribution is 2.38. The molecule has 2 amide bonds. The second kappa shape index (κ2) is 10.7. The Bertz CT molecular complexity index is 1520. The fraction of sp³-hybridized carbons (Fsp3) is 0.385. The van der Waals surface area contributed by atoms with E-state index in [9.17, 15) is 18.0 Å². The Balaban J connectivity index is 1.87. The summed E-state index contributed by atoms with van der Waals surface area (Å²) in [5, 5.41) is 13.7. The standard InChI is InChI=1S/C26H29ClFN5O5S/c1-14(29-5)22(34)30-19-13-39(36,37)21-11-18(28)17(23-31-32-25(38-23)26(2,3)4)10-20(21)33(24(19)35)12-15-6-8-16(27)9-7-15/h6-11,14,19,29H,12-13H2,1-5H3,(H,30,34)/t14-,19-/m0/s1. The number of fused-ring (bicyclic) bond motifs is 1. The number of aromatic nitrogens is 2. The van der Waals surface area contributed by atoms with Gasteiger partial charge >= 0.3 is 0 Å². The summed E-state index contributed by atoms with van der Waals surface area (Å²) in [7, 11) is -2.67. The summed E-state index contributed by atoms with van der Waals surface area (Å²) in [6.45, 7) is 7.04. The summed E-state index contributed by atoms with van der Waals surface area (Å²) in [5.41, 5.74) is -0.110. The third kappa shape index (κ3) is 5.97. The molecule has 0 radical (unpaired) electrons. The number of nitrogens with zero attached hydrogens (tertiary/aromatic N) is 3. The molecule has 2 atom stereocenters. The van der Waals surface area contributed by atoms with Crippen molar-refractivity contribution in [3.8, 4) is 11.5 Å². The molecule has 0 aliphatic carbocycles. The van der Waals surface area contributed by atoms with Crippen LogP contribution in [0.3, 0.4) is 0 Å². The lowest BCUT2D eigenvalue weighted by molar-refractivity contribution is -0.128. The predicted octanol–water partition coefficient (Wildman–Crippen LogP) is 3.24. The lowest BCUT2D eigenvalue weighted by atomic mass is 9.97. The van der Waals surface area contributed by atoms with Crippen LogP contribution in [0, 0.1) is 5.82 Å². The summed E-state index contributed by atoms with van der Waals surface area (Å²) < 4.78 is 48.0. The van der Waals surface area contributed by atoms with E-state index in [1.807, 2.05) is 20.8 Å². The van der Waals surface area contributed by atoms with Gasteiger partial charge in [0.1, 0.15) is 11.9 Å². The molecule has 39 heavy (non-hydrogen) atoms. The maximum atomic E-state index is 15.4. The smallest absolute Gasteiger partial charge is 0.250 e. The number of hydrogen-bond acceptors (Lipinski definition) is 8. The fourth-order valence-corrected chi connectivity index (χ4v) is 5.70. The van der Waals surface area contributed by atoms with Gasteiger partial charge in [0.25, 0.3) is 11.8 Å². The summed E-state index contributed by atoms with van der Waals surface area (Å²) in [4.78, 5) is 27.3. The second-order valence-electron chi connectivity index (χ2n) is 10.4. The monoisotopic (exact) mass is 577 g/mol. The molecule has 1 aliphatic rings. The fourth-order valence-electron chi connectivity index (χ4n) is 3.96. The first-order chi connectivity index (χ1) is 18.2. The van der Waals surface area contributed by atoms with Gasteiger partial charge in [-0.25, -0.2) is 12.8 Å². The lowest BCUT2D eigenvalue weighted by Gasteiger charge is -2.26. The molecule has 0 fully saturated rings. The molecule has 0 saturated heterocycles. The first kappa shape index (κ1) is 28.7. The molecule has 10 nitrogen and oxygen atoms in total. The Labute approximate surface area is 230 Å². The minimum absolute atomic E-state index is 0.0692. The Hall–Kier alpha value is -3.35. The predicted molar refractivity (Wildman–Crippen MR) is 144 cm³/mol. The van der Waals surface area contributed by atoms with Crippen molar-refractivity contribution in [3.05, 3.63) is 58.7 Å². The van der Waals surface area contributed by atoms with E-state index in [-0.39, 0.29) is 34.5 Å². The quantitative estimate of drug-likeness (QED) is 0.456. The maximum Gasteiger partial charge on any atom is 0.250 e. The summed E-state index contributed by atoms with van der Waals surface area (Å²) in [5.74, 6) is -2.79. The van der Waals surface area contributed by atoms with Crippen molar-refractivity contribution in [2.75, 3.05) is 17.7 Å². The van der Waals surface area contributed by atoms with Crippen LogP contribution in [0.15, 0.2) is 45.7 Å². The van der Waals surface area contributed by atoms with Crippen molar-refractivity contribution in [2.24, 2.45) is 0 Å². The number of nitrogens with one attached hydrogen (secondary N) is 2. The first-order valence-corrected chi connectivity index (χ1v) is 14.2. The van der Waals surface area contributed by atoms with Crippen LogP contribution in [-0.2, 0) is 31.4 Å². The number of halogens is 2. The van der Waals surface area contributed by atoms with Crippen LogP contribution in [0.5, 0.6) is 0 Å². The van der Waals surface area contributed by atoms with E-state index in [1.165, 1.54) is 11.0 Å². The van der Waals surface area contributed by atoms with Crippen molar-refractivity contribution in [1.82, 2.24) is 20.8 Å². The van der Waals surface area contributed by atoms with Gasteiger partial charge in [-0.3, -0.25) is 9.59 Å². The van der Waals surface area contributed by atoms with Crippen LogP contribution in [0.25, 0.3) is 11.5 Å². The minimum Gasteiger partial charge on any atom is -0.420 e. The maximum absolute atomic E-state index is 15.4. The van der Waals surface area contributed by atoms with Crippen LogP contribution < -0.4 is 15.5 Å². The highest BCUT2D eigenvalue weighted by molar-refractivity contribution is 7.91. The molecule has 0 bridgehead atoms. The molecule has 3 aromatic rings. The zero-order valence-corrected chi connectivity index (χ0v) is 23.7. The van der Waals surface area contributed by atoms with Crippen LogP contribution >= 0.6 is 11.6 Å². The van der Waals surface area contributed by atoms with Crippen molar-refractivity contribution < 1.29 is 26.8 Å². The van der Waals surface area contributed by atoms with Gasteiger partial charge in [-0.2, -0.15) is 0 Å². The zero-order chi connectivity index (χ0) is 28.7. The van der Waals surface area contributed by atoms with Crippen LogP contribution in [0.4, 0.5) is 10.1 Å². The zero-order valence-electron chi connectivity index (χ0n) is 22.1. The Morgan fingerprint density at radius 3 is 2.49 bits per heavy atom. The molecule has 1 aromatic heterocycles. The topological polar surface area (TPSA) is 134 Å². The number of carbonyl (C=O) groups excluding carboxylic acids is 2. The third-order valence-electron chi connectivity index (χ3n) is 6.32. The summed E-state index contributed by atoms with van der Waals surface area (Å²) in [6, 6.07) is 6.60. The Morgan fingerprint density at radius 1 is 1.23 bits per heavy atom. The van der Waals surface area contributed by atoms with Gasteiger partial charge in [0, 0.05) is 10.4 Å². The Morgan fingerprint density at radius 2 is 1.90 bits per heavy atom. The molecule has 0 unspecified atom stereocenters. The molecule has 2 aromatic carbocycles. The second-order valence-corrected chi connectivity index (χ2v) is 12.8. The van der Waals surface area contributed by atoms with Crippen molar-refractivity contribution in [1.29, 1.82) is 0 Å². The number of amides is 2. The van der Waals surface area contributed by atoms with E-state index in [2.05, 4.69) is 20.8 Å². The van der Waals surface area contributed by atoms with Gasteiger partial charge in [0.2, 0.25) is 11.8 Å². The lowest BCUT2D eigenvalue weighted by Crippen LogP contribution is -2.54. The SMILES string of the molecule is CN[C@@H](C)C(=O)N[C@H]1CS(=O)(=O)c2cc(F)c(-c3nnc(C(C)(C)C)o3)cc2N(Cc2ccc(Cl)cc2)C1=O. The van der Waals surface area contributed by atoms with Gasteiger partial charge in [0.05, 0.1) is 34.5 Å². The summed E-state index contributed by atoms with van der Waals surface area (Å²) in [6.07, 6.45) is 0. The van der Waals surface area contributed by atoms with Gasteiger partial charge in [0.15, 0.2) is 9.84 Å². The van der Waals surface area contributed by atoms with Gasteiger partial charge in [-0.05, 0) is 43.8 Å². The van der Waals surface area contributed by atoms with Crippen LogP contribution in [-0.4, -0.2) is 55.3 Å². The number of sulfone groups is 1. The van der Waals surface area contributed by atoms with Gasteiger partial charge in [-0.1, -0.05) is 44.5 Å². The van der Waals surface area contributed by atoms with Crippen molar-refractivity contribution in [2.45, 2.75) is 56.6 Å². The molecule has 13 heteroatoms. The number of hydrogen-bond donors (Lipinski definition) is 2. The first-order valence-electron chi connectivity index (χ1n) is 12.2. The molecule has 2 heterocycles. The average molecular weight is 578 g/mol. The highest BCUT2D eigenvalue weighted by atomic mass is 35.5. The molecule has 2 N–H and O–H groups in total. The van der Waals surface area contributed by atoms with E-state index < -0.39 is 50.7 Å². The average Bonchev–Trinajstić information content (AvgIpc) is 3.35. The molecular weight excluding hydrogens is 549 g/mol. The molecule has 4 rings (SSSR count). The number of carbonyl (C=O) groups is 2. The number of anilines is 1. The Kier molecular flexibility index (Phi) is 7.84. The molecule has 0 spiro atoms. The van der Waals surface area contributed by atoms with Crippen molar-refractivity contribution >= 4 is 38.9 Å². The molecule has 208 valence electrons. The van der Waals surface area contributed by atoms with E-state index in [4.69, 9.17) is 16.0 Å². The number of likely N-dealkylation sites (N-methyl/N-ethyl adjacent to an activating group) is 1. The minimum atomic E-state index is -4.24. The highest BCUT2D eigenvalue weighted by Gasteiger charge is 2.40.